The van der Waals surface area contributed by atoms with Gasteiger partial charge in [0.25, 0.3) is 13.1 Å². The molecule has 0 bridgehead atoms. The monoisotopic (exact) mass is 410 g/mol. The largest absolute Gasteiger partial charge is 0.441 e. The zero-order chi connectivity index (χ0) is 18.7. The van der Waals surface area contributed by atoms with Gasteiger partial charge in [0.05, 0.1) is 0 Å². The summed E-state index contributed by atoms with van der Waals surface area (Å²) in [7, 11) is 15.4. The van der Waals surface area contributed by atoms with Crippen molar-refractivity contribution in [1.82, 2.24) is 18.7 Å². The van der Waals surface area contributed by atoms with Crippen molar-refractivity contribution in [3.8, 4) is 11.5 Å². The first-order valence-electron chi connectivity index (χ1n) is 7.34. The van der Waals surface area contributed by atoms with E-state index in [0.29, 0.717) is 11.5 Å². The molecule has 0 spiro atoms. The van der Waals surface area contributed by atoms with E-state index in [9.17, 15) is 0 Å². The fourth-order valence-electron chi connectivity index (χ4n) is 1.90. The summed E-state index contributed by atoms with van der Waals surface area (Å²) in [5.41, 5.74) is 0. The Labute approximate surface area is 156 Å². The third-order valence-electron chi connectivity index (χ3n) is 3.28. The van der Waals surface area contributed by atoms with Gasteiger partial charge in [0.15, 0.2) is 0 Å². The van der Waals surface area contributed by atoms with Crippen LogP contribution in [0, 0.1) is 0 Å². The van der Waals surface area contributed by atoms with Gasteiger partial charge in [-0.1, -0.05) is 6.07 Å². The molecular formula is C14H28N4O2P2S2. The molecule has 1 rings (SSSR count). The van der Waals surface area contributed by atoms with Gasteiger partial charge in [-0.25, -0.2) is 18.7 Å². The lowest BCUT2D eigenvalue weighted by molar-refractivity contribution is 0.439. The molecule has 0 atom stereocenters. The van der Waals surface area contributed by atoms with Gasteiger partial charge in [-0.3, -0.25) is 0 Å². The number of hydrogen-bond acceptors (Lipinski definition) is 4. The molecule has 0 aliphatic carbocycles. The van der Waals surface area contributed by atoms with Gasteiger partial charge in [0, 0.05) is 6.07 Å². The van der Waals surface area contributed by atoms with Crippen molar-refractivity contribution in [1.29, 1.82) is 0 Å². The molecule has 0 saturated heterocycles. The third kappa shape index (κ3) is 4.99. The summed E-state index contributed by atoms with van der Waals surface area (Å²) in [4.78, 5) is 0. The van der Waals surface area contributed by atoms with E-state index >= 15 is 0 Å². The Kier molecular flexibility index (Phi) is 7.85. The molecule has 1 aromatic carbocycles. The average molecular weight is 410 g/mol. The maximum absolute atomic E-state index is 6.15. The second-order valence-corrected chi connectivity index (χ2v) is 14.4. The molecular weight excluding hydrogens is 382 g/mol. The molecule has 0 saturated carbocycles. The molecule has 1 aromatic rings. The maximum atomic E-state index is 6.15. The summed E-state index contributed by atoms with van der Waals surface area (Å²) in [6.07, 6.45) is 0. The fraction of sp³-hybridized carbons (Fsp3) is 0.571. The van der Waals surface area contributed by atoms with E-state index in [1.807, 2.05) is 99.3 Å². The second-order valence-electron chi connectivity index (χ2n) is 6.03. The summed E-state index contributed by atoms with van der Waals surface area (Å²) in [5, 5.41) is 0. The maximum Gasteiger partial charge on any atom is 0.252 e. The molecule has 0 aliphatic heterocycles. The molecule has 0 aromatic heterocycles. The van der Waals surface area contributed by atoms with Crippen molar-refractivity contribution in [2.24, 2.45) is 0 Å². The molecule has 6 nitrogen and oxygen atoms in total. The van der Waals surface area contributed by atoms with Crippen LogP contribution in [0.2, 0.25) is 0 Å². The SMILES string of the molecule is CN(C)P(=S)(Oc1cccc(OP(=S)(N(C)C)N(C)C)c1)N(C)C. The average Bonchev–Trinajstić information content (AvgIpc) is 2.46. The van der Waals surface area contributed by atoms with Crippen LogP contribution in [0.4, 0.5) is 0 Å². The Morgan fingerprint density at radius 2 is 0.958 bits per heavy atom. The molecule has 0 aliphatic rings. The predicted octanol–water partition coefficient (Wildman–Crippen LogP) is 3.14. The van der Waals surface area contributed by atoms with Crippen molar-refractivity contribution >= 4 is 36.7 Å². The minimum absolute atomic E-state index is 0.678. The molecule has 0 amide bonds. The lowest BCUT2D eigenvalue weighted by atomic mass is 10.3. The Balaban J connectivity index is 3.11. The number of nitrogens with zero attached hydrogens (tertiary/aromatic N) is 4. The van der Waals surface area contributed by atoms with Crippen LogP contribution in [-0.4, -0.2) is 75.1 Å². The quantitative estimate of drug-likeness (QED) is 0.605. The molecule has 0 N–H and O–H groups in total. The molecule has 10 heteroatoms. The second kappa shape index (κ2) is 8.56. The van der Waals surface area contributed by atoms with E-state index in [1.54, 1.807) is 0 Å². The normalized spacial score (nSPS) is 13.2. The van der Waals surface area contributed by atoms with Crippen LogP contribution in [-0.2, 0) is 23.6 Å². The Hall–Kier alpha value is -0.0400. The van der Waals surface area contributed by atoms with Crippen molar-refractivity contribution in [3.05, 3.63) is 24.3 Å². The van der Waals surface area contributed by atoms with Gasteiger partial charge in [-0.2, -0.15) is 0 Å². The molecule has 0 fully saturated rings. The lowest BCUT2D eigenvalue weighted by Crippen LogP contribution is -2.24. The zero-order valence-corrected chi connectivity index (χ0v) is 19.0. The van der Waals surface area contributed by atoms with Crippen LogP contribution in [0.5, 0.6) is 11.5 Å². The van der Waals surface area contributed by atoms with Crippen molar-refractivity contribution < 1.29 is 9.05 Å². The van der Waals surface area contributed by atoms with Crippen LogP contribution in [0.1, 0.15) is 0 Å². The van der Waals surface area contributed by atoms with Crippen molar-refractivity contribution in [2.45, 2.75) is 0 Å². The number of benzene rings is 1. The van der Waals surface area contributed by atoms with Crippen LogP contribution in [0.25, 0.3) is 0 Å². The minimum Gasteiger partial charge on any atom is -0.441 e. The smallest absolute Gasteiger partial charge is 0.252 e. The first-order valence-corrected chi connectivity index (χ1v) is 12.6. The van der Waals surface area contributed by atoms with Crippen LogP contribution >= 0.6 is 13.1 Å². The van der Waals surface area contributed by atoms with E-state index in [4.69, 9.17) is 32.7 Å². The van der Waals surface area contributed by atoms with Crippen LogP contribution in [0.15, 0.2) is 24.3 Å². The summed E-state index contributed by atoms with van der Waals surface area (Å²) in [6.45, 7) is -4.58. The summed E-state index contributed by atoms with van der Waals surface area (Å²) in [5.74, 6) is 1.36. The Morgan fingerprint density at radius 3 is 1.21 bits per heavy atom. The van der Waals surface area contributed by atoms with Crippen molar-refractivity contribution in [3.63, 3.8) is 0 Å². The molecule has 0 radical (unpaired) electrons. The van der Waals surface area contributed by atoms with Gasteiger partial charge in [-0.05, 0) is 92.1 Å². The highest BCUT2D eigenvalue weighted by atomic mass is 32.5. The van der Waals surface area contributed by atoms with Gasteiger partial charge in [0.2, 0.25) is 0 Å². The highest BCUT2D eigenvalue weighted by molar-refractivity contribution is 8.10. The van der Waals surface area contributed by atoms with Gasteiger partial charge in [-0.15, -0.1) is 0 Å². The lowest BCUT2D eigenvalue weighted by Gasteiger charge is -2.35. The van der Waals surface area contributed by atoms with E-state index in [-0.39, 0.29) is 0 Å². The topological polar surface area (TPSA) is 31.4 Å². The van der Waals surface area contributed by atoms with E-state index in [2.05, 4.69) is 0 Å². The Bertz CT molecular complexity index is 578. The van der Waals surface area contributed by atoms with E-state index in [1.165, 1.54) is 0 Å². The zero-order valence-electron chi connectivity index (χ0n) is 15.6. The van der Waals surface area contributed by atoms with E-state index in [0.717, 1.165) is 0 Å². The predicted molar refractivity (Wildman–Crippen MR) is 111 cm³/mol. The third-order valence-corrected chi connectivity index (χ3v) is 12.6. The van der Waals surface area contributed by atoms with Crippen molar-refractivity contribution in [2.75, 3.05) is 56.4 Å². The van der Waals surface area contributed by atoms with Crippen LogP contribution in [0.3, 0.4) is 0 Å². The highest BCUT2D eigenvalue weighted by Crippen LogP contribution is 2.53. The molecule has 0 unspecified atom stereocenters. The highest BCUT2D eigenvalue weighted by Gasteiger charge is 2.27. The molecule has 0 heterocycles. The first kappa shape index (κ1) is 22.0. The van der Waals surface area contributed by atoms with Crippen LogP contribution < -0.4 is 9.05 Å². The minimum atomic E-state index is -2.29. The standard InChI is InChI=1S/C14H28N4O2P2S2/c1-15(2)21(23,16(3)4)19-13-10-9-11-14(12-13)20-22(24,17(5)6)18(7)8/h9-12H,1-8H3. The molecule has 24 heavy (non-hydrogen) atoms. The van der Waals surface area contributed by atoms with Gasteiger partial charge < -0.3 is 9.05 Å². The molecule has 138 valence electrons. The summed E-state index contributed by atoms with van der Waals surface area (Å²) < 4.78 is 20.1. The summed E-state index contributed by atoms with van der Waals surface area (Å²) in [6, 6.07) is 7.51. The number of rotatable bonds is 8. The fourth-order valence-corrected chi connectivity index (χ4v) is 5.28. The van der Waals surface area contributed by atoms with E-state index < -0.39 is 13.1 Å². The summed E-state index contributed by atoms with van der Waals surface area (Å²) >= 11 is 11.5. The van der Waals surface area contributed by atoms with Gasteiger partial charge >= 0.3 is 0 Å². The Morgan fingerprint density at radius 1 is 0.667 bits per heavy atom. The first-order chi connectivity index (χ1) is 10.9. The number of hydrogen-bond donors (Lipinski definition) is 0. The van der Waals surface area contributed by atoms with Gasteiger partial charge in [0.1, 0.15) is 11.5 Å².